The highest BCUT2D eigenvalue weighted by Gasteiger charge is 2.52. The molecular formula is C54H50Cl6F4N14O10. The fourth-order valence-electron chi connectivity index (χ4n) is 10.1. The summed E-state index contributed by atoms with van der Waals surface area (Å²) in [5, 5.41) is 75.2. The summed E-state index contributed by atoms with van der Waals surface area (Å²) in [7, 11) is 0. The van der Waals surface area contributed by atoms with E-state index >= 15 is 0 Å². The maximum Gasteiger partial charge on any atom is 0.246 e. The smallest absolute Gasteiger partial charge is 0.246 e. The number of aryl methyl sites for hydroxylation is 2. The lowest BCUT2D eigenvalue weighted by atomic mass is 9.91. The van der Waals surface area contributed by atoms with Gasteiger partial charge in [-0.05, 0) is 87.4 Å². The first-order chi connectivity index (χ1) is 42.1. The second-order valence-corrected chi connectivity index (χ2v) is 22.6. The molecule has 24 nitrogen and oxygen atoms in total. The Morgan fingerprint density at radius 2 is 0.966 bits per heavy atom. The Morgan fingerprint density at radius 3 is 1.33 bits per heavy atom. The van der Waals surface area contributed by atoms with Crippen molar-refractivity contribution in [2.24, 2.45) is 0 Å². The van der Waals surface area contributed by atoms with Crippen LogP contribution in [0.3, 0.4) is 0 Å². The van der Waals surface area contributed by atoms with Crippen LogP contribution in [-0.4, -0.2) is 168 Å². The summed E-state index contributed by atoms with van der Waals surface area (Å²) in [6.07, 6.45) is -8.25. The molecule has 2 saturated heterocycles. The van der Waals surface area contributed by atoms with Crippen LogP contribution in [-0.2, 0) is 28.5 Å². The monoisotopic (exact) mass is 1340 g/mol. The van der Waals surface area contributed by atoms with Gasteiger partial charge in [0, 0.05) is 34.3 Å². The van der Waals surface area contributed by atoms with Crippen LogP contribution < -0.4 is 10.6 Å². The van der Waals surface area contributed by atoms with Gasteiger partial charge in [-0.25, -0.2) is 46.3 Å². The molecule has 0 bridgehead atoms. The Morgan fingerprint density at radius 1 is 0.591 bits per heavy atom. The summed E-state index contributed by atoms with van der Waals surface area (Å²) < 4.78 is 88.6. The number of ether oxygens (including phenoxy) is 4. The van der Waals surface area contributed by atoms with E-state index < -0.39 is 132 Å². The van der Waals surface area contributed by atoms with Gasteiger partial charge in [0.25, 0.3) is 0 Å². The summed E-state index contributed by atoms with van der Waals surface area (Å²) >= 11 is 37.5. The van der Waals surface area contributed by atoms with Gasteiger partial charge < -0.3 is 50.0 Å². The van der Waals surface area contributed by atoms with E-state index in [4.69, 9.17) is 88.6 Å². The maximum absolute atomic E-state index is 14.6. The molecule has 0 spiro atoms. The average Bonchev–Trinajstić information content (AvgIpc) is 1.58. The molecular weight excluding hydrogens is 1290 g/mol. The molecule has 2 amide bonds. The molecule has 0 aliphatic carbocycles. The molecule has 8 aromatic rings. The molecule has 466 valence electrons. The minimum atomic E-state index is -1.62. The molecule has 0 saturated carbocycles. The van der Waals surface area contributed by atoms with Crippen molar-refractivity contribution >= 4 is 81.4 Å². The number of carbonyl (C=O) groups excluding carboxylic acids is 2. The molecule has 4 aromatic heterocycles. The Labute approximate surface area is 526 Å². The molecule has 6 heterocycles. The van der Waals surface area contributed by atoms with Crippen molar-refractivity contribution in [1.29, 1.82) is 0 Å². The molecule has 10 rings (SSSR count). The van der Waals surface area contributed by atoms with Gasteiger partial charge >= 0.3 is 0 Å². The van der Waals surface area contributed by atoms with E-state index in [9.17, 15) is 47.6 Å². The molecule has 2 fully saturated rings. The highest BCUT2D eigenvalue weighted by Crippen LogP contribution is 2.44. The van der Waals surface area contributed by atoms with Gasteiger partial charge in [-0.15, -0.1) is 10.2 Å². The third kappa shape index (κ3) is 13.8. The summed E-state index contributed by atoms with van der Waals surface area (Å²) in [6.45, 7) is 0.505. The van der Waals surface area contributed by atoms with Gasteiger partial charge in [-0.1, -0.05) is 80.0 Å². The first-order valence-electron chi connectivity index (χ1n) is 26.7. The molecule has 2 aliphatic heterocycles. The minimum absolute atomic E-state index is 0.0460. The number of amides is 2. The van der Waals surface area contributed by atoms with E-state index in [1.165, 1.54) is 46.0 Å². The lowest BCUT2D eigenvalue weighted by molar-refractivity contribution is -0.223. The number of halogens is 10. The number of rotatable bonds is 21. The van der Waals surface area contributed by atoms with Crippen LogP contribution in [0.4, 0.5) is 17.6 Å². The number of nitrogens with one attached hydrogen (secondary N) is 2. The maximum atomic E-state index is 14.6. The zero-order chi connectivity index (χ0) is 62.8. The number of unbranched alkanes of at least 4 members (excludes halogenated alkanes) is 1. The largest absolute Gasteiger partial charge is 0.394 e. The van der Waals surface area contributed by atoms with E-state index in [2.05, 4.69) is 51.4 Å². The summed E-state index contributed by atoms with van der Waals surface area (Å²) in [6, 6.07) is 10.3. The van der Waals surface area contributed by atoms with Crippen molar-refractivity contribution in [3.05, 3.63) is 150 Å². The van der Waals surface area contributed by atoms with Gasteiger partial charge in [0.15, 0.2) is 11.6 Å². The molecule has 34 heteroatoms. The van der Waals surface area contributed by atoms with Crippen LogP contribution in [0.25, 0.3) is 33.9 Å². The standard InChI is InChI=1S/C54H50Cl6F4N14O10/c1-23-67-53(77(71-23)37-15-27(55)5-7-29(37)57)51-49(45(47(83)39(19-79)87-51)75-17-35(69-73-75)25-11-31(61)43(59)32(62)12-25)85-21-41(81)65-9-3-4-10-66-42(82)22-86-50-46(76-18-36(70-74-76)26-13-33(63)44(60)34(64)14-26)48(84)40(20-80)88-52(50)54-68-24(2)72-78(54)38-16-28(56)6-8-30(38)58/h5-8,11-18,39-40,45-52,79-80,83-84H,3-4,9-10,19-22H2,1-2H3,(H,65,81)(H,66,82). The average molecular weight is 1340 g/mol. The molecule has 2 aliphatic rings. The lowest BCUT2D eigenvalue weighted by Crippen LogP contribution is -2.54. The van der Waals surface area contributed by atoms with Gasteiger partial charge in [-0.3, -0.25) is 9.59 Å². The Kier molecular flexibility index (Phi) is 20.3. The third-order valence-electron chi connectivity index (χ3n) is 14.2. The molecule has 10 unspecified atom stereocenters. The van der Waals surface area contributed by atoms with Crippen molar-refractivity contribution in [2.45, 2.75) is 87.6 Å². The van der Waals surface area contributed by atoms with Crippen molar-refractivity contribution < 1.29 is 66.5 Å². The van der Waals surface area contributed by atoms with Gasteiger partial charge in [0.1, 0.15) is 130 Å². The zero-order valence-corrected chi connectivity index (χ0v) is 50.3. The molecule has 6 N–H and O–H groups in total. The van der Waals surface area contributed by atoms with Crippen molar-refractivity contribution in [3.8, 4) is 33.9 Å². The second kappa shape index (κ2) is 27.7. The van der Waals surface area contributed by atoms with Crippen molar-refractivity contribution in [2.75, 3.05) is 39.5 Å². The van der Waals surface area contributed by atoms with Crippen molar-refractivity contribution in [1.82, 2.24) is 70.2 Å². The summed E-state index contributed by atoms with van der Waals surface area (Å²) in [5.41, 5.74) is 0.336. The Bertz CT molecular complexity index is 3580. The van der Waals surface area contributed by atoms with E-state index in [1.807, 2.05) is 0 Å². The summed E-state index contributed by atoms with van der Waals surface area (Å²) in [5.74, 6) is -5.01. The highest BCUT2D eigenvalue weighted by molar-refractivity contribution is 6.35. The fraction of sp³-hybridized carbons (Fsp3) is 0.370. The van der Waals surface area contributed by atoms with Crippen LogP contribution in [0.15, 0.2) is 73.1 Å². The number of aliphatic hydroxyl groups is 4. The number of aromatic nitrogens is 12. The van der Waals surface area contributed by atoms with E-state index in [-0.39, 0.29) is 90.4 Å². The van der Waals surface area contributed by atoms with E-state index in [0.717, 1.165) is 33.6 Å². The fourth-order valence-corrected chi connectivity index (χ4v) is 11.1. The quantitative estimate of drug-likeness (QED) is 0.0239. The van der Waals surface area contributed by atoms with Crippen LogP contribution in [0.5, 0.6) is 0 Å². The van der Waals surface area contributed by atoms with Gasteiger partial charge in [0.2, 0.25) is 11.8 Å². The molecule has 4 aromatic carbocycles. The third-order valence-corrected chi connectivity index (χ3v) is 16.1. The van der Waals surface area contributed by atoms with Gasteiger partial charge in [0.05, 0.1) is 47.0 Å². The van der Waals surface area contributed by atoms with E-state index in [1.54, 1.807) is 26.0 Å². The first kappa shape index (κ1) is 64.5. The molecule has 0 radical (unpaired) electrons. The normalized spacial score (nSPS) is 22.1. The number of hydrogen-bond acceptors (Lipinski definition) is 18. The van der Waals surface area contributed by atoms with E-state index in [0.29, 0.717) is 12.8 Å². The Balaban J connectivity index is 0.825. The second-order valence-electron chi connectivity index (χ2n) is 20.2. The lowest BCUT2D eigenvalue weighted by Gasteiger charge is -2.43. The van der Waals surface area contributed by atoms with Crippen LogP contribution in [0.2, 0.25) is 30.1 Å². The number of nitrogens with zero attached hydrogens (tertiary/aromatic N) is 12. The number of carbonyl (C=O) groups is 2. The predicted molar refractivity (Wildman–Crippen MR) is 307 cm³/mol. The zero-order valence-electron chi connectivity index (χ0n) is 45.7. The van der Waals surface area contributed by atoms with Crippen LogP contribution in [0, 0.1) is 37.1 Å². The molecule has 10 atom stereocenters. The predicted octanol–water partition coefficient (Wildman–Crippen LogP) is 7.01. The topological polar surface area (TPSA) is 299 Å². The van der Waals surface area contributed by atoms with Crippen molar-refractivity contribution in [3.63, 3.8) is 0 Å². The van der Waals surface area contributed by atoms with Crippen LogP contribution >= 0.6 is 69.6 Å². The first-order valence-corrected chi connectivity index (χ1v) is 29.0. The minimum Gasteiger partial charge on any atom is -0.394 e. The number of benzene rings is 4. The molecule has 88 heavy (non-hydrogen) atoms. The number of aliphatic hydroxyl groups excluding tert-OH is 4. The van der Waals surface area contributed by atoms with Crippen LogP contribution in [0.1, 0.15) is 60.4 Å². The van der Waals surface area contributed by atoms with Gasteiger partial charge in [-0.2, -0.15) is 10.2 Å². The number of hydrogen-bond donors (Lipinski definition) is 6. The highest BCUT2D eigenvalue weighted by atomic mass is 35.5. The summed E-state index contributed by atoms with van der Waals surface area (Å²) in [4.78, 5) is 36.4. The Hall–Kier alpha value is -6.48. The SMILES string of the molecule is Cc1nc(C2OC(CO)C(O)C(n3cc(-c4cc(F)c(Cl)c(F)c4)nn3)C2OCC(=O)NCCCCNC(=O)COC2C(c3nc(C)nn3-c3cc(Cl)ccc3Cl)OC(CO)C(O)C2n2cc(-c3cc(F)c(Cl)c(F)c3)nn2)n(-c2cc(Cl)ccc2Cl)n1.